The van der Waals surface area contributed by atoms with Crippen molar-refractivity contribution < 1.29 is 4.21 Å². The van der Waals surface area contributed by atoms with Crippen LogP contribution in [0, 0.1) is 0 Å². The minimum Gasteiger partial charge on any atom is -0.375 e. The first-order valence-electron chi connectivity index (χ1n) is 7.31. The molecule has 0 bridgehead atoms. The Morgan fingerprint density at radius 2 is 1.86 bits per heavy atom. The molecule has 3 aromatic rings. The summed E-state index contributed by atoms with van der Waals surface area (Å²) in [5.74, 6) is 0.459. The lowest BCUT2D eigenvalue weighted by molar-refractivity contribution is 0.677. The van der Waals surface area contributed by atoms with Gasteiger partial charge in [0.2, 0.25) is 0 Å². The highest BCUT2D eigenvalue weighted by Crippen LogP contribution is 2.22. The van der Waals surface area contributed by atoms with E-state index in [1.807, 2.05) is 49.5 Å². The van der Waals surface area contributed by atoms with E-state index >= 15 is 0 Å². The first-order valence-corrected chi connectivity index (χ1v) is 8.63. The summed E-state index contributed by atoms with van der Waals surface area (Å²) < 4.78 is 12.6. The normalized spacial score (nSPS) is 12.5. The summed E-state index contributed by atoms with van der Waals surface area (Å²) in [6.45, 7) is 3.02. The van der Waals surface area contributed by atoms with Crippen LogP contribution in [0.25, 0.3) is 11.0 Å². The van der Waals surface area contributed by atoms with Gasteiger partial charge in [-0.15, -0.1) is 0 Å². The molecule has 1 unspecified atom stereocenters. The van der Waals surface area contributed by atoms with Crippen LogP contribution in [-0.4, -0.2) is 27.8 Å². The Labute approximate surface area is 132 Å². The lowest BCUT2D eigenvalue weighted by atomic mass is 10.2. The Hall–Kier alpha value is -2.14. The lowest BCUT2D eigenvalue weighted by Crippen LogP contribution is -2.18. The first-order chi connectivity index (χ1) is 10.7. The molecule has 3 rings (SSSR count). The molecular formula is C17H19N3OS. The van der Waals surface area contributed by atoms with Gasteiger partial charge in [0.15, 0.2) is 5.16 Å². The lowest BCUT2D eigenvalue weighted by Gasteiger charge is -2.20. The molecule has 0 saturated carbocycles. The molecule has 114 valence electrons. The van der Waals surface area contributed by atoms with Crippen molar-refractivity contribution in [2.24, 2.45) is 0 Å². The van der Waals surface area contributed by atoms with Gasteiger partial charge in [-0.3, -0.25) is 4.21 Å². The molecule has 0 spiro atoms. The number of rotatable bonds is 5. The van der Waals surface area contributed by atoms with Crippen molar-refractivity contribution in [1.82, 2.24) is 9.97 Å². The summed E-state index contributed by atoms with van der Waals surface area (Å²) in [4.78, 5) is 9.75. The van der Waals surface area contributed by atoms with Gasteiger partial charge in [-0.25, -0.2) is 4.98 Å². The predicted molar refractivity (Wildman–Crippen MR) is 91.6 cm³/mol. The average molecular weight is 313 g/mol. The summed E-state index contributed by atoms with van der Waals surface area (Å²) in [6.07, 6.45) is 0. The highest BCUT2D eigenvalue weighted by molar-refractivity contribution is 7.84. The van der Waals surface area contributed by atoms with E-state index in [1.165, 1.54) is 0 Å². The SMILES string of the molecule is CCN(C)c1ccccc1CS(=O)c1nc2ccccc2[nH]1. The number of hydrogen-bond acceptors (Lipinski definition) is 3. The molecule has 0 aliphatic rings. The van der Waals surface area contributed by atoms with E-state index in [9.17, 15) is 4.21 Å². The van der Waals surface area contributed by atoms with Crippen LogP contribution in [0.3, 0.4) is 0 Å². The van der Waals surface area contributed by atoms with Gasteiger partial charge in [-0.1, -0.05) is 30.3 Å². The number of imidazole rings is 1. The Kier molecular flexibility index (Phi) is 4.24. The van der Waals surface area contributed by atoms with Gasteiger partial charge >= 0.3 is 0 Å². The van der Waals surface area contributed by atoms with Crippen LogP contribution >= 0.6 is 0 Å². The first kappa shape index (κ1) is 14.8. The largest absolute Gasteiger partial charge is 0.375 e. The number of nitrogens with one attached hydrogen (secondary N) is 1. The zero-order valence-electron chi connectivity index (χ0n) is 12.7. The van der Waals surface area contributed by atoms with Crippen molar-refractivity contribution in [2.75, 3.05) is 18.5 Å². The van der Waals surface area contributed by atoms with Gasteiger partial charge in [0, 0.05) is 19.3 Å². The van der Waals surface area contributed by atoms with Crippen LogP contribution in [0.5, 0.6) is 0 Å². The standard InChI is InChI=1S/C17H19N3OS/c1-3-20(2)16-11-7-4-8-13(16)12-22(21)17-18-14-9-5-6-10-15(14)19-17/h4-11H,3,12H2,1-2H3,(H,18,19). The molecule has 0 saturated heterocycles. The number of nitrogens with zero attached hydrogens (tertiary/aromatic N) is 2. The molecule has 1 atom stereocenters. The van der Waals surface area contributed by atoms with E-state index in [4.69, 9.17) is 0 Å². The number of fused-ring (bicyclic) bond motifs is 1. The maximum atomic E-state index is 12.6. The summed E-state index contributed by atoms with van der Waals surface area (Å²) >= 11 is 0. The highest BCUT2D eigenvalue weighted by atomic mass is 32.2. The van der Waals surface area contributed by atoms with Gasteiger partial charge < -0.3 is 9.88 Å². The Balaban J connectivity index is 1.88. The number of para-hydroxylation sites is 3. The van der Waals surface area contributed by atoms with E-state index in [0.717, 1.165) is 28.8 Å². The van der Waals surface area contributed by atoms with Crippen molar-refractivity contribution in [1.29, 1.82) is 0 Å². The molecule has 1 heterocycles. The molecule has 0 fully saturated rings. The molecule has 4 nitrogen and oxygen atoms in total. The van der Waals surface area contributed by atoms with Crippen molar-refractivity contribution in [2.45, 2.75) is 17.8 Å². The van der Waals surface area contributed by atoms with Crippen LogP contribution in [0.1, 0.15) is 12.5 Å². The zero-order chi connectivity index (χ0) is 15.5. The highest BCUT2D eigenvalue weighted by Gasteiger charge is 2.13. The molecule has 22 heavy (non-hydrogen) atoms. The summed E-state index contributed by atoms with van der Waals surface area (Å²) in [5.41, 5.74) is 3.97. The number of hydrogen-bond donors (Lipinski definition) is 1. The minimum atomic E-state index is -1.19. The topological polar surface area (TPSA) is 49.0 Å². The molecule has 0 aliphatic carbocycles. The fraction of sp³-hybridized carbons (Fsp3) is 0.235. The number of anilines is 1. The predicted octanol–water partition coefficient (Wildman–Crippen LogP) is 3.33. The monoisotopic (exact) mass is 313 g/mol. The Morgan fingerprint density at radius 3 is 2.64 bits per heavy atom. The van der Waals surface area contributed by atoms with Crippen LogP contribution in [0.4, 0.5) is 5.69 Å². The summed E-state index contributed by atoms with van der Waals surface area (Å²) in [5, 5.41) is 0.537. The molecule has 5 heteroatoms. The molecule has 2 aromatic carbocycles. The van der Waals surface area contributed by atoms with Gasteiger partial charge in [-0.2, -0.15) is 0 Å². The van der Waals surface area contributed by atoms with Crippen molar-refractivity contribution >= 4 is 27.5 Å². The number of H-pyrrole nitrogens is 1. The van der Waals surface area contributed by atoms with Crippen LogP contribution in [-0.2, 0) is 16.6 Å². The quantitative estimate of drug-likeness (QED) is 0.786. The summed E-state index contributed by atoms with van der Waals surface area (Å²) in [6, 6.07) is 15.8. The smallest absolute Gasteiger partial charge is 0.197 e. The van der Waals surface area contributed by atoms with Gasteiger partial charge in [0.1, 0.15) is 0 Å². The maximum absolute atomic E-state index is 12.6. The molecule has 1 N–H and O–H groups in total. The molecule has 1 aromatic heterocycles. The Bertz CT molecular complexity index is 779. The molecule has 0 radical (unpaired) electrons. The number of aromatic amines is 1. The maximum Gasteiger partial charge on any atom is 0.197 e. The fourth-order valence-corrected chi connectivity index (χ4v) is 3.51. The number of aromatic nitrogens is 2. The van der Waals surface area contributed by atoms with Crippen LogP contribution < -0.4 is 4.90 Å². The fourth-order valence-electron chi connectivity index (χ4n) is 2.42. The molecule has 0 amide bonds. The second kappa shape index (κ2) is 6.32. The number of benzene rings is 2. The van der Waals surface area contributed by atoms with Crippen LogP contribution in [0.2, 0.25) is 0 Å². The Morgan fingerprint density at radius 1 is 1.14 bits per heavy atom. The minimum absolute atomic E-state index is 0.459. The van der Waals surface area contributed by atoms with Gasteiger partial charge in [0.25, 0.3) is 0 Å². The zero-order valence-corrected chi connectivity index (χ0v) is 13.6. The molecule has 0 aliphatic heterocycles. The van der Waals surface area contributed by atoms with E-state index in [1.54, 1.807) is 0 Å². The second-order valence-corrected chi connectivity index (χ2v) is 6.56. The second-order valence-electron chi connectivity index (χ2n) is 5.19. The summed E-state index contributed by atoms with van der Waals surface area (Å²) in [7, 11) is 0.855. The molecular weight excluding hydrogens is 294 g/mol. The third-order valence-electron chi connectivity index (χ3n) is 3.75. The van der Waals surface area contributed by atoms with E-state index < -0.39 is 10.8 Å². The van der Waals surface area contributed by atoms with Crippen molar-refractivity contribution in [3.8, 4) is 0 Å². The van der Waals surface area contributed by atoms with E-state index in [0.29, 0.717) is 10.9 Å². The third kappa shape index (κ3) is 2.90. The van der Waals surface area contributed by atoms with Crippen LogP contribution in [0.15, 0.2) is 53.7 Å². The van der Waals surface area contributed by atoms with Gasteiger partial charge in [-0.05, 0) is 30.7 Å². The van der Waals surface area contributed by atoms with E-state index in [2.05, 4.69) is 27.9 Å². The van der Waals surface area contributed by atoms with Crippen molar-refractivity contribution in [3.05, 3.63) is 54.1 Å². The average Bonchev–Trinajstić information content (AvgIpc) is 2.99. The van der Waals surface area contributed by atoms with Gasteiger partial charge in [0.05, 0.1) is 27.6 Å². The van der Waals surface area contributed by atoms with Crippen molar-refractivity contribution in [3.63, 3.8) is 0 Å². The third-order valence-corrected chi connectivity index (χ3v) is 4.94. The van der Waals surface area contributed by atoms with E-state index in [-0.39, 0.29) is 0 Å².